The predicted molar refractivity (Wildman–Crippen MR) is 147 cm³/mol. The maximum atomic E-state index is 6.27. The van der Waals surface area contributed by atoms with Gasteiger partial charge in [0.15, 0.2) is 5.90 Å². The molecule has 32 heavy (non-hydrogen) atoms. The Hall–Kier alpha value is -1.47. The van der Waals surface area contributed by atoms with Gasteiger partial charge < -0.3 is 4.74 Å². The fourth-order valence-corrected chi connectivity index (χ4v) is 8.37. The largest absolute Gasteiger partial charge is 0.478 e. The molecule has 2 nitrogen and oxygen atoms in total. The zero-order valence-corrected chi connectivity index (χ0v) is 21.9. The molecule has 1 unspecified atom stereocenters. The lowest BCUT2D eigenvalue weighted by Crippen LogP contribution is -2.17. The molecule has 0 aliphatic rings. The normalized spacial score (nSPS) is 12.7. The third-order valence-electron chi connectivity index (χ3n) is 4.53. The van der Waals surface area contributed by atoms with Crippen molar-refractivity contribution in [1.82, 2.24) is 0 Å². The van der Waals surface area contributed by atoms with Gasteiger partial charge in [0.25, 0.3) is 0 Å². The van der Waals surface area contributed by atoms with E-state index in [1.807, 2.05) is 43.2 Å². The molecule has 168 valence electrons. The number of benzene rings is 3. The Balaban J connectivity index is 1.75. The molecule has 0 saturated heterocycles. The van der Waals surface area contributed by atoms with Crippen LogP contribution in [0.4, 0.5) is 5.69 Å². The number of rotatable bonds is 11. The van der Waals surface area contributed by atoms with Crippen molar-refractivity contribution in [2.45, 2.75) is 54.1 Å². The van der Waals surface area contributed by atoms with E-state index >= 15 is 0 Å². The van der Waals surface area contributed by atoms with Crippen LogP contribution in [0.3, 0.4) is 0 Å². The predicted octanol–water partition coefficient (Wildman–Crippen LogP) is 9.44. The number of aliphatic imine (C=N–C) groups is 1. The summed E-state index contributed by atoms with van der Waals surface area (Å²) in [4.78, 5) is 7.40. The molecule has 0 bridgehead atoms. The van der Waals surface area contributed by atoms with E-state index in [4.69, 9.17) is 9.73 Å². The molecule has 0 aliphatic carbocycles. The van der Waals surface area contributed by atoms with E-state index in [1.165, 1.54) is 15.4 Å². The second-order valence-corrected chi connectivity index (χ2v) is 12.5. The molecular formula is C26H29NOS4. The average molecular weight is 500 g/mol. The molecule has 0 aliphatic heterocycles. The Morgan fingerprint density at radius 2 is 1.34 bits per heavy atom. The minimum Gasteiger partial charge on any atom is -0.478 e. The van der Waals surface area contributed by atoms with Crippen LogP contribution in [-0.4, -0.2) is 16.6 Å². The topological polar surface area (TPSA) is 21.6 Å². The lowest BCUT2D eigenvalue weighted by atomic mass is 10.2. The monoisotopic (exact) mass is 499 g/mol. The first-order valence-corrected chi connectivity index (χ1v) is 15.1. The van der Waals surface area contributed by atoms with E-state index in [9.17, 15) is 0 Å². The number of nitrogens with zero attached hydrogens (tertiary/aromatic N) is 1. The fourth-order valence-electron chi connectivity index (χ4n) is 2.60. The molecule has 0 fully saturated rings. The van der Waals surface area contributed by atoms with Gasteiger partial charge in [0.05, 0.1) is 16.4 Å². The quantitative estimate of drug-likeness (QED) is 0.113. The van der Waals surface area contributed by atoms with Crippen LogP contribution in [0.1, 0.15) is 32.3 Å². The molecule has 0 radical (unpaired) electrons. The van der Waals surface area contributed by atoms with E-state index in [0.29, 0.717) is 0 Å². The maximum Gasteiger partial charge on any atom is 0.190 e. The standard InChI is InChI=1S/C26H29NOS4/c1-4-21(3)28-25(27-22-17-15-20(2)16-18-22)19-26(31-29-23-11-7-5-8-12-23)32-30-24-13-9-6-10-14-24/h5-18,21,26H,4,19H2,1-3H3. The molecule has 0 heterocycles. The lowest BCUT2D eigenvalue weighted by Gasteiger charge is -2.19. The third kappa shape index (κ3) is 9.18. The van der Waals surface area contributed by atoms with Crippen LogP contribution < -0.4 is 0 Å². The van der Waals surface area contributed by atoms with Crippen molar-refractivity contribution in [1.29, 1.82) is 0 Å². The van der Waals surface area contributed by atoms with Gasteiger partial charge in [-0.3, -0.25) is 0 Å². The molecule has 0 saturated carbocycles. The molecule has 3 rings (SSSR count). The van der Waals surface area contributed by atoms with Gasteiger partial charge >= 0.3 is 0 Å². The van der Waals surface area contributed by atoms with Crippen molar-refractivity contribution < 1.29 is 4.74 Å². The second kappa shape index (κ2) is 13.9. The zero-order chi connectivity index (χ0) is 22.6. The van der Waals surface area contributed by atoms with Crippen molar-refractivity contribution >= 4 is 54.8 Å². The minimum atomic E-state index is 0.137. The zero-order valence-electron chi connectivity index (χ0n) is 18.6. The molecule has 0 N–H and O–H groups in total. The molecule has 0 amide bonds. The first kappa shape index (κ1) is 25.2. The van der Waals surface area contributed by atoms with Crippen LogP contribution in [0.25, 0.3) is 0 Å². The molecule has 3 aromatic carbocycles. The highest BCUT2D eigenvalue weighted by Gasteiger charge is 2.19. The number of ether oxygens (including phenoxy) is 1. The van der Waals surface area contributed by atoms with Gasteiger partial charge in [0.2, 0.25) is 0 Å². The molecular weight excluding hydrogens is 471 g/mol. The van der Waals surface area contributed by atoms with E-state index in [2.05, 4.69) is 106 Å². The van der Waals surface area contributed by atoms with Gasteiger partial charge in [-0.15, -0.1) is 0 Å². The van der Waals surface area contributed by atoms with Crippen molar-refractivity contribution in [2.75, 3.05) is 0 Å². The third-order valence-corrected chi connectivity index (χ3v) is 10.8. The lowest BCUT2D eigenvalue weighted by molar-refractivity contribution is 0.198. The Labute approximate surface area is 208 Å². The minimum absolute atomic E-state index is 0.137. The summed E-state index contributed by atoms with van der Waals surface area (Å²) in [6, 6.07) is 29.4. The molecule has 3 aromatic rings. The molecule has 0 aromatic heterocycles. The van der Waals surface area contributed by atoms with Gasteiger partial charge in [-0.2, -0.15) is 0 Å². The van der Waals surface area contributed by atoms with Crippen molar-refractivity contribution in [3.05, 3.63) is 90.5 Å². The first-order chi connectivity index (χ1) is 15.6. The summed E-state index contributed by atoms with van der Waals surface area (Å²) in [6.07, 6.45) is 1.85. The van der Waals surface area contributed by atoms with Crippen molar-refractivity contribution in [2.24, 2.45) is 4.99 Å². The van der Waals surface area contributed by atoms with E-state index in [0.717, 1.165) is 24.4 Å². The number of hydrogen-bond acceptors (Lipinski definition) is 6. The molecule has 0 spiro atoms. The Kier molecular flexibility index (Phi) is 11.0. The van der Waals surface area contributed by atoms with E-state index in [-0.39, 0.29) is 10.7 Å². The van der Waals surface area contributed by atoms with Gasteiger partial charge in [-0.05, 0) is 56.7 Å². The summed E-state index contributed by atoms with van der Waals surface area (Å²) < 4.78 is 6.55. The first-order valence-electron chi connectivity index (χ1n) is 10.7. The van der Waals surface area contributed by atoms with Crippen LogP contribution >= 0.6 is 43.2 Å². The maximum absolute atomic E-state index is 6.27. The van der Waals surface area contributed by atoms with Crippen LogP contribution in [0, 0.1) is 6.92 Å². The summed E-state index contributed by atoms with van der Waals surface area (Å²) in [5.74, 6) is 0.801. The smallest absolute Gasteiger partial charge is 0.190 e. The molecule has 6 heteroatoms. The number of hydrogen-bond donors (Lipinski definition) is 0. The summed E-state index contributed by atoms with van der Waals surface area (Å²) >= 11 is 0. The van der Waals surface area contributed by atoms with Crippen LogP contribution in [0.2, 0.25) is 0 Å². The summed E-state index contributed by atoms with van der Waals surface area (Å²) in [6.45, 7) is 6.35. The summed E-state index contributed by atoms with van der Waals surface area (Å²) in [5, 5.41) is 0. The Morgan fingerprint density at radius 3 is 1.84 bits per heavy atom. The van der Waals surface area contributed by atoms with Gasteiger partial charge in [0.1, 0.15) is 0 Å². The van der Waals surface area contributed by atoms with Crippen molar-refractivity contribution in [3.8, 4) is 0 Å². The fraction of sp³-hybridized carbons (Fsp3) is 0.269. The Morgan fingerprint density at radius 1 is 0.812 bits per heavy atom. The summed E-state index contributed by atoms with van der Waals surface area (Å²) in [5.41, 5.74) is 2.17. The van der Waals surface area contributed by atoms with E-state index < -0.39 is 0 Å². The SMILES string of the molecule is CCC(C)OC(CC(SSc1ccccc1)SSc1ccccc1)=Nc1ccc(C)cc1. The van der Waals surface area contributed by atoms with E-state index in [1.54, 1.807) is 0 Å². The molecule has 1 atom stereocenters. The highest BCUT2D eigenvalue weighted by Crippen LogP contribution is 2.47. The highest BCUT2D eigenvalue weighted by molar-refractivity contribution is 8.85. The van der Waals surface area contributed by atoms with Gasteiger partial charge in [-0.1, -0.05) is 104 Å². The average Bonchev–Trinajstić information content (AvgIpc) is 2.83. The van der Waals surface area contributed by atoms with Crippen LogP contribution in [0.15, 0.2) is 99.7 Å². The van der Waals surface area contributed by atoms with Crippen LogP contribution in [0.5, 0.6) is 0 Å². The Bertz CT molecular complexity index is 905. The number of aryl methyl sites for hydroxylation is 1. The van der Waals surface area contributed by atoms with Gasteiger partial charge in [0, 0.05) is 16.2 Å². The summed E-state index contributed by atoms with van der Waals surface area (Å²) in [7, 11) is 7.36. The van der Waals surface area contributed by atoms with Crippen LogP contribution in [-0.2, 0) is 4.74 Å². The second-order valence-electron chi connectivity index (χ2n) is 7.30. The van der Waals surface area contributed by atoms with Crippen molar-refractivity contribution in [3.63, 3.8) is 0 Å². The highest BCUT2D eigenvalue weighted by atomic mass is 33.1. The van der Waals surface area contributed by atoms with Gasteiger partial charge in [-0.25, -0.2) is 4.99 Å².